The van der Waals surface area contributed by atoms with E-state index in [1.54, 1.807) is 0 Å². The predicted molar refractivity (Wildman–Crippen MR) is 58.1 cm³/mol. The van der Waals surface area contributed by atoms with Crippen LogP contribution < -0.4 is 15.8 Å². The van der Waals surface area contributed by atoms with Gasteiger partial charge in [0.15, 0.2) is 6.61 Å². The van der Waals surface area contributed by atoms with Crippen LogP contribution in [-0.2, 0) is 4.79 Å². The molecule has 1 amide bonds. The Labute approximate surface area is 94.7 Å². The molecule has 0 aliphatic heterocycles. The molecular formula is C9H10BrFN2O2. The van der Waals surface area contributed by atoms with Gasteiger partial charge in [-0.25, -0.2) is 4.39 Å². The fourth-order valence-corrected chi connectivity index (χ4v) is 1.25. The van der Waals surface area contributed by atoms with Crippen LogP contribution in [0.1, 0.15) is 0 Å². The van der Waals surface area contributed by atoms with Gasteiger partial charge in [0.1, 0.15) is 11.6 Å². The molecule has 1 rings (SSSR count). The van der Waals surface area contributed by atoms with Crippen LogP contribution in [0, 0.1) is 5.82 Å². The molecule has 0 saturated carbocycles. The Morgan fingerprint density at radius 1 is 1.67 bits per heavy atom. The number of hydrogen-bond acceptors (Lipinski definition) is 3. The summed E-state index contributed by atoms with van der Waals surface area (Å²) in [6.07, 6.45) is 0. The van der Waals surface area contributed by atoms with E-state index in [1.165, 1.54) is 13.1 Å². The molecule has 0 fully saturated rings. The van der Waals surface area contributed by atoms with Crippen LogP contribution in [0.5, 0.6) is 5.75 Å². The van der Waals surface area contributed by atoms with Crippen LogP contribution in [-0.4, -0.2) is 19.6 Å². The van der Waals surface area contributed by atoms with Gasteiger partial charge < -0.3 is 15.8 Å². The lowest BCUT2D eigenvalue weighted by Crippen LogP contribution is -2.25. The van der Waals surface area contributed by atoms with Crippen molar-refractivity contribution in [3.8, 4) is 5.75 Å². The third-order valence-corrected chi connectivity index (χ3v) is 2.30. The first-order valence-electron chi connectivity index (χ1n) is 4.12. The number of amides is 1. The summed E-state index contributed by atoms with van der Waals surface area (Å²) in [6.45, 7) is -0.193. The number of rotatable bonds is 3. The summed E-state index contributed by atoms with van der Waals surface area (Å²) in [4.78, 5) is 10.9. The predicted octanol–water partition coefficient (Wildman–Crippen LogP) is 1.30. The second-order valence-electron chi connectivity index (χ2n) is 2.77. The second kappa shape index (κ2) is 4.97. The summed E-state index contributed by atoms with van der Waals surface area (Å²) < 4.78 is 18.4. The molecule has 15 heavy (non-hydrogen) atoms. The highest BCUT2D eigenvalue weighted by Crippen LogP contribution is 2.28. The zero-order valence-corrected chi connectivity index (χ0v) is 9.60. The molecule has 82 valence electrons. The fraction of sp³-hybridized carbons (Fsp3) is 0.222. The largest absolute Gasteiger partial charge is 0.482 e. The molecule has 0 heterocycles. The van der Waals surface area contributed by atoms with Crippen molar-refractivity contribution in [2.45, 2.75) is 0 Å². The lowest BCUT2D eigenvalue weighted by Gasteiger charge is -2.08. The Kier molecular flexibility index (Phi) is 3.90. The number of carbonyl (C=O) groups is 1. The molecule has 0 unspecified atom stereocenters. The topological polar surface area (TPSA) is 64.3 Å². The van der Waals surface area contributed by atoms with Gasteiger partial charge in [-0.15, -0.1) is 0 Å². The average Bonchev–Trinajstić information content (AvgIpc) is 2.21. The first-order chi connectivity index (χ1) is 7.04. The number of likely N-dealkylation sites (N-methyl/N-ethyl adjacent to an activating group) is 1. The lowest BCUT2D eigenvalue weighted by molar-refractivity contribution is -0.122. The van der Waals surface area contributed by atoms with Crippen molar-refractivity contribution in [3.05, 3.63) is 22.4 Å². The number of benzene rings is 1. The van der Waals surface area contributed by atoms with Gasteiger partial charge in [-0.05, 0) is 22.0 Å². The monoisotopic (exact) mass is 276 g/mol. The van der Waals surface area contributed by atoms with Gasteiger partial charge in [0.25, 0.3) is 5.91 Å². The second-order valence-corrected chi connectivity index (χ2v) is 3.62. The summed E-state index contributed by atoms with van der Waals surface area (Å²) >= 11 is 2.98. The van der Waals surface area contributed by atoms with Gasteiger partial charge in [-0.3, -0.25) is 4.79 Å². The van der Waals surface area contributed by atoms with E-state index in [-0.39, 0.29) is 28.4 Å². The van der Waals surface area contributed by atoms with E-state index in [2.05, 4.69) is 21.2 Å². The molecular weight excluding hydrogens is 267 g/mol. The molecule has 6 heteroatoms. The first kappa shape index (κ1) is 11.8. The molecule has 0 atom stereocenters. The first-order valence-corrected chi connectivity index (χ1v) is 4.91. The summed E-state index contributed by atoms with van der Waals surface area (Å²) in [5.41, 5.74) is 5.84. The number of nitrogens with one attached hydrogen (secondary N) is 1. The number of nitrogens with two attached hydrogens (primary N) is 1. The molecule has 1 aromatic carbocycles. The van der Waals surface area contributed by atoms with Crippen molar-refractivity contribution < 1.29 is 13.9 Å². The molecule has 0 saturated heterocycles. The summed E-state index contributed by atoms with van der Waals surface area (Å²) in [5.74, 6) is -0.645. The lowest BCUT2D eigenvalue weighted by atomic mass is 10.3. The van der Waals surface area contributed by atoms with Crippen LogP contribution in [0.15, 0.2) is 16.6 Å². The van der Waals surface area contributed by atoms with Crippen molar-refractivity contribution in [2.24, 2.45) is 0 Å². The normalized spacial score (nSPS) is 9.80. The van der Waals surface area contributed by atoms with E-state index in [1.807, 2.05) is 0 Å². The van der Waals surface area contributed by atoms with Crippen LogP contribution in [0.25, 0.3) is 0 Å². The van der Waals surface area contributed by atoms with Crippen LogP contribution in [0.4, 0.5) is 10.1 Å². The number of hydrogen-bond donors (Lipinski definition) is 2. The Morgan fingerprint density at radius 2 is 2.33 bits per heavy atom. The molecule has 1 aromatic rings. The molecule has 0 aliphatic carbocycles. The van der Waals surface area contributed by atoms with Crippen molar-refractivity contribution >= 4 is 27.5 Å². The zero-order chi connectivity index (χ0) is 11.4. The van der Waals surface area contributed by atoms with Crippen molar-refractivity contribution in [3.63, 3.8) is 0 Å². The van der Waals surface area contributed by atoms with Gasteiger partial charge in [-0.2, -0.15) is 0 Å². The van der Waals surface area contributed by atoms with E-state index in [9.17, 15) is 9.18 Å². The minimum atomic E-state index is -0.490. The maximum atomic E-state index is 13.1. The molecule has 0 bridgehead atoms. The average molecular weight is 277 g/mol. The quantitative estimate of drug-likeness (QED) is 0.818. The molecule has 4 nitrogen and oxygen atoms in total. The Balaban J connectivity index is 2.77. The minimum absolute atomic E-state index is 0.152. The fourth-order valence-electron chi connectivity index (χ4n) is 0.884. The summed E-state index contributed by atoms with van der Waals surface area (Å²) in [5, 5.41) is 2.37. The van der Waals surface area contributed by atoms with E-state index in [0.717, 1.165) is 6.07 Å². The number of carbonyl (C=O) groups excluding carboxylic acids is 1. The Bertz CT molecular complexity index is 385. The third kappa shape index (κ3) is 3.09. The molecule has 0 aromatic heterocycles. The van der Waals surface area contributed by atoms with Gasteiger partial charge in [0.2, 0.25) is 0 Å². The molecule has 0 radical (unpaired) electrons. The Hall–Kier alpha value is -1.30. The summed E-state index contributed by atoms with van der Waals surface area (Å²) in [6, 6.07) is 2.51. The van der Waals surface area contributed by atoms with Gasteiger partial charge in [0, 0.05) is 13.1 Å². The van der Waals surface area contributed by atoms with Crippen LogP contribution >= 0.6 is 15.9 Å². The highest BCUT2D eigenvalue weighted by Gasteiger charge is 2.08. The summed E-state index contributed by atoms with van der Waals surface area (Å²) in [7, 11) is 1.48. The molecule has 3 N–H and O–H groups in total. The molecule has 0 aliphatic rings. The van der Waals surface area contributed by atoms with Crippen molar-refractivity contribution in [2.75, 3.05) is 19.4 Å². The van der Waals surface area contributed by atoms with E-state index < -0.39 is 5.82 Å². The number of nitrogen functional groups attached to an aromatic ring is 1. The SMILES string of the molecule is CNC(=O)COc1cc(F)c(Br)cc1N. The maximum absolute atomic E-state index is 13.1. The van der Waals surface area contributed by atoms with Crippen molar-refractivity contribution in [1.29, 1.82) is 0 Å². The smallest absolute Gasteiger partial charge is 0.257 e. The van der Waals surface area contributed by atoms with E-state index in [4.69, 9.17) is 10.5 Å². The van der Waals surface area contributed by atoms with Gasteiger partial charge in [-0.1, -0.05) is 0 Å². The van der Waals surface area contributed by atoms with Crippen LogP contribution in [0.3, 0.4) is 0 Å². The van der Waals surface area contributed by atoms with Gasteiger partial charge >= 0.3 is 0 Å². The van der Waals surface area contributed by atoms with Crippen molar-refractivity contribution in [1.82, 2.24) is 5.32 Å². The highest BCUT2D eigenvalue weighted by molar-refractivity contribution is 9.10. The van der Waals surface area contributed by atoms with E-state index in [0.29, 0.717) is 0 Å². The maximum Gasteiger partial charge on any atom is 0.257 e. The highest BCUT2D eigenvalue weighted by atomic mass is 79.9. The number of halogens is 2. The number of anilines is 1. The third-order valence-electron chi connectivity index (χ3n) is 1.69. The minimum Gasteiger partial charge on any atom is -0.482 e. The zero-order valence-electron chi connectivity index (χ0n) is 8.01. The molecule has 0 spiro atoms. The van der Waals surface area contributed by atoms with Gasteiger partial charge in [0.05, 0.1) is 10.2 Å². The van der Waals surface area contributed by atoms with E-state index >= 15 is 0 Å². The standard InChI is InChI=1S/C9H10BrFN2O2/c1-13-9(14)4-15-8-3-6(11)5(10)2-7(8)12/h2-3H,4,12H2,1H3,(H,13,14). The Morgan fingerprint density at radius 3 is 2.93 bits per heavy atom. The van der Waals surface area contributed by atoms with Crippen LogP contribution in [0.2, 0.25) is 0 Å². The number of ether oxygens (including phenoxy) is 1.